The first kappa shape index (κ1) is 13.5. The number of hydrogen-bond acceptors (Lipinski definition) is 4. The molecule has 4 rings (SSSR count). The molecule has 1 aliphatic rings. The average molecular weight is 329 g/mol. The quantitative estimate of drug-likeness (QED) is 0.760. The third-order valence-electron chi connectivity index (χ3n) is 3.57. The Morgan fingerprint density at radius 1 is 1.23 bits per heavy atom. The summed E-state index contributed by atoms with van der Waals surface area (Å²) >= 11 is 7.71. The second-order valence-corrected chi connectivity index (χ2v) is 6.49. The van der Waals surface area contributed by atoms with Crippen LogP contribution in [0.25, 0.3) is 5.70 Å². The fourth-order valence-corrected chi connectivity index (χ4v) is 3.41. The molecule has 1 atom stereocenters. The zero-order valence-corrected chi connectivity index (χ0v) is 13.4. The van der Waals surface area contributed by atoms with Gasteiger partial charge in [0, 0.05) is 5.02 Å². The molecule has 4 nitrogen and oxygen atoms in total. The summed E-state index contributed by atoms with van der Waals surface area (Å²) < 4.78 is 1.91. The minimum atomic E-state index is 0.00631. The molecule has 0 aliphatic carbocycles. The molecule has 0 saturated heterocycles. The SMILES string of the molecule is Cc1nc2n(n1)[C@@H](c1ccc(Cl)cc1)C=C(c1cccs1)N2. The van der Waals surface area contributed by atoms with Crippen LogP contribution in [0.3, 0.4) is 0 Å². The molecule has 3 heterocycles. The molecule has 0 bridgehead atoms. The van der Waals surface area contributed by atoms with Gasteiger partial charge in [0.05, 0.1) is 10.6 Å². The number of halogens is 1. The van der Waals surface area contributed by atoms with E-state index >= 15 is 0 Å². The Labute approximate surface area is 137 Å². The summed E-state index contributed by atoms with van der Waals surface area (Å²) in [6.07, 6.45) is 2.18. The van der Waals surface area contributed by atoms with Crippen molar-refractivity contribution in [3.8, 4) is 0 Å². The number of anilines is 1. The first-order valence-corrected chi connectivity index (χ1v) is 8.18. The lowest BCUT2D eigenvalue weighted by Gasteiger charge is -2.23. The van der Waals surface area contributed by atoms with Gasteiger partial charge < -0.3 is 5.32 Å². The van der Waals surface area contributed by atoms with E-state index in [0.717, 1.165) is 28.1 Å². The maximum Gasteiger partial charge on any atom is 0.226 e. The minimum Gasteiger partial charge on any atom is -0.323 e. The second kappa shape index (κ2) is 5.26. The maximum atomic E-state index is 6.00. The van der Waals surface area contributed by atoms with E-state index in [2.05, 4.69) is 32.9 Å². The number of nitrogens with zero attached hydrogens (tertiary/aromatic N) is 3. The number of aryl methyl sites for hydroxylation is 1. The second-order valence-electron chi connectivity index (χ2n) is 5.11. The zero-order chi connectivity index (χ0) is 15.1. The van der Waals surface area contributed by atoms with Crippen LogP contribution in [-0.4, -0.2) is 14.8 Å². The molecule has 1 aromatic carbocycles. The lowest BCUT2D eigenvalue weighted by Crippen LogP contribution is -2.19. The maximum absolute atomic E-state index is 6.00. The fraction of sp³-hybridized carbons (Fsp3) is 0.125. The molecule has 2 aromatic heterocycles. The third-order valence-corrected chi connectivity index (χ3v) is 4.72. The van der Waals surface area contributed by atoms with E-state index in [-0.39, 0.29) is 6.04 Å². The largest absolute Gasteiger partial charge is 0.323 e. The van der Waals surface area contributed by atoms with Crippen LogP contribution in [0.4, 0.5) is 5.95 Å². The number of fused-ring (bicyclic) bond motifs is 1. The van der Waals surface area contributed by atoms with Gasteiger partial charge in [-0.15, -0.1) is 11.3 Å². The summed E-state index contributed by atoms with van der Waals surface area (Å²) in [5.74, 6) is 1.52. The van der Waals surface area contributed by atoms with Gasteiger partial charge in [-0.05, 0) is 42.1 Å². The number of nitrogens with one attached hydrogen (secondary N) is 1. The van der Waals surface area contributed by atoms with Crippen LogP contribution in [0.15, 0.2) is 47.9 Å². The number of hydrogen-bond donors (Lipinski definition) is 1. The van der Waals surface area contributed by atoms with E-state index in [4.69, 9.17) is 11.6 Å². The normalized spacial score (nSPS) is 16.8. The van der Waals surface area contributed by atoms with Gasteiger partial charge in [-0.3, -0.25) is 0 Å². The molecule has 22 heavy (non-hydrogen) atoms. The van der Waals surface area contributed by atoms with Gasteiger partial charge in [0.1, 0.15) is 11.9 Å². The highest BCUT2D eigenvalue weighted by Crippen LogP contribution is 2.34. The Morgan fingerprint density at radius 2 is 2.05 bits per heavy atom. The Bertz CT molecular complexity index is 834. The molecule has 0 spiro atoms. The number of benzene rings is 1. The van der Waals surface area contributed by atoms with E-state index in [1.165, 1.54) is 4.88 Å². The predicted octanol–water partition coefficient (Wildman–Crippen LogP) is 4.36. The van der Waals surface area contributed by atoms with Crippen LogP contribution in [0, 0.1) is 6.92 Å². The topological polar surface area (TPSA) is 42.7 Å². The highest BCUT2D eigenvalue weighted by Gasteiger charge is 2.24. The Balaban J connectivity index is 1.84. The average Bonchev–Trinajstić information content (AvgIpc) is 3.15. The summed E-state index contributed by atoms with van der Waals surface area (Å²) in [4.78, 5) is 5.67. The van der Waals surface area contributed by atoms with Crippen LogP contribution in [0.1, 0.15) is 22.3 Å². The fourth-order valence-electron chi connectivity index (χ4n) is 2.57. The van der Waals surface area contributed by atoms with Gasteiger partial charge in [0.15, 0.2) is 0 Å². The summed E-state index contributed by atoms with van der Waals surface area (Å²) in [6.45, 7) is 1.90. The van der Waals surface area contributed by atoms with E-state index in [1.807, 2.05) is 41.9 Å². The van der Waals surface area contributed by atoms with Crippen LogP contribution in [0.2, 0.25) is 5.02 Å². The minimum absolute atomic E-state index is 0.00631. The Hall–Kier alpha value is -2.11. The molecule has 0 radical (unpaired) electrons. The first-order valence-electron chi connectivity index (χ1n) is 6.92. The first-order chi connectivity index (χ1) is 10.7. The molecule has 0 unspecified atom stereocenters. The van der Waals surface area contributed by atoms with Crippen molar-refractivity contribution in [3.63, 3.8) is 0 Å². The molecule has 110 valence electrons. The molecule has 1 aliphatic heterocycles. The van der Waals surface area contributed by atoms with Crippen LogP contribution < -0.4 is 5.32 Å². The lowest BCUT2D eigenvalue weighted by atomic mass is 10.0. The molecule has 1 N–H and O–H groups in total. The Morgan fingerprint density at radius 3 is 2.77 bits per heavy atom. The number of aromatic nitrogens is 3. The van der Waals surface area contributed by atoms with Crippen LogP contribution in [-0.2, 0) is 0 Å². The molecular formula is C16H13ClN4S. The van der Waals surface area contributed by atoms with Crippen molar-refractivity contribution in [2.45, 2.75) is 13.0 Å². The number of rotatable bonds is 2. The number of thiophene rings is 1. The van der Waals surface area contributed by atoms with Gasteiger partial charge >= 0.3 is 0 Å². The van der Waals surface area contributed by atoms with E-state index in [1.54, 1.807) is 11.3 Å². The van der Waals surface area contributed by atoms with E-state index in [9.17, 15) is 0 Å². The van der Waals surface area contributed by atoms with Gasteiger partial charge in [-0.1, -0.05) is 29.8 Å². The lowest BCUT2D eigenvalue weighted by molar-refractivity contribution is 0.607. The molecule has 0 amide bonds. The Kier molecular flexibility index (Phi) is 3.24. The van der Waals surface area contributed by atoms with E-state index in [0.29, 0.717) is 0 Å². The summed E-state index contributed by atoms with van der Waals surface area (Å²) in [5, 5.41) is 10.7. The van der Waals surface area contributed by atoms with Crippen molar-refractivity contribution in [1.29, 1.82) is 0 Å². The van der Waals surface area contributed by atoms with Crippen molar-refractivity contribution in [1.82, 2.24) is 14.8 Å². The zero-order valence-electron chi connectivity index (χ0n) is 11.8. The van der Waals surface area contributed by atoms with Gasteiger partial charge in [0.25, 0.3) is 0 Å². The van der Waals surface area contributed by atoms with Crippen LogP contribution in [0.5, 0.6) is 0 Å². The highest BCUT2D eigenvalue weighted by atomic mass is 35.5. The molecule has 0 fully saturated rings. The molecule has 3 aromatic rings. The molecule has 0 saturated carbocycles. The smallest absolute Gasteiger partial charge is 0.226 e. The molecular weight excluding hydrogens is 316 g/mol. The monoisotopic (exact) mass is 328 g/mol. The van der Waals surface area contributed by atoms with Crippen LogP contribution >= 0.6 is 22.9 Å². The van der Waals surface area contributed by atoms with Gasteiger partial charge in [-0.2, -0.15) is 10.1 Å². The summed E-state index contributed by atoms with van der Waals surface area (Å²) in [5.41, 5.74) is 2.20. The van der Waals surface area contributed by atoms with Crippen molar-refractivity contribution >= 4 is 34.6 Å². The summed E-state index contributed by atoms with van der Waals surface area (Å²) in [6, 6.07) is 12.0. The van der Waals surface area contributed by atoms with Crippen molar-refractivity contribution < 1.29 is 0 Å². The van der Waals surface area contributed by atoms with Gasteiger partial charge in [0.2, 0.25) is 5.95 Å². The van der Waals surface area contributed by atoms with Crippen molar-refractivity contribution in [2.75, 3.05) is 5.32 Å². The summed E-state index contributed by atoms with van der Waals surface area (Å²) in [7, 11) is 0. The van der Waals surface area contributed by atoms with Gasteiger partial charge in [-0.25, -0.2) is 4.68 Å². The third kappa shape index (κ3) is 2.32. The standard InChI is InChI=1S/C16H13ClN4S/c1-10-18-16-19-13(15-3-2-8-22-15)9-14(21(16)20-10)11-4-6-12(17)7-5-11/h2-9,14H,1H3,(H,18,19,20)/t14-/m1/s1. The predicted molar refractivity (Wildman–Crippen MR) is 90.3 cm³/mol. The number of allylic oxidation sites excluding steroid dienone is 1. The van der Waals surface area contributed by atoms with E-state index < -0.39 is 0 Å². The van der Waals surface area contributed by atoms with Crippen molar-refractivity contribution in [3.05, 3.63) is 69.1 Å². The molecule has 6 heteroatoms. The highest BCUT2D eigenvalue weighted by molar-refractivity contribution is 7.11. The van der Waals surface area contributed by atoms with Crippen molar-refractivity contribution in [2.24, 2.45) is 0 Å².